The smallest absolute Gasteiger partial charge is 0.244 e. The molecule has 0 radical (unpaired) electrons. The SMILES string of the molecule is COc1ccc(CN(C)C(=O)C(N)c2ccccc2)cc1C.Cl. The standard InChI is InChI=1S/C18H22N2O2.ClH/c1-13-11-14(9-10-16(13)22-3)12-20(2)18(21)17(19)15-7-5-4-6-8-15;/h4-11,17H,12,19H2,1-3H3;1H. The second kappa shape index (κ2) is 8.56. The predicted molar refractivity (Wildman–Crippen MR) is 94.8 cm³/mol. The quantitative estimate of drug-likeness (QED) is 0.914. The summed E-state index contributed by atoms with van der Waals surface area (Å²) in [6.07, 6.45) is 0. The molecule has 0 saturated carbocycles. The van der Waals surface area contributed by atoms with E-state index in [0.29, 0.717) is 6.54 Å². The van der Waals surface area contributed by atoms with Gasteiger partial charge >= 0.3 is 0 Å². The number of carbonyl (C=O) groups is 1. The molecule has 5 heteroatoms. The molecule has 23 heavy (non-hydrogen) atoms. The van der Waals surface area contributed by atoms with Crippen LogP contribution < -0.4 is 10.5 Å². The Morgan fingerprint density at radius 3 is 2.43 bits per heavy atom. The minimum absolute atomic E-state index is 0. The van der Waals surface area contributed by atoms with E-state index in [-0.39, 0.29) is 18.3 Å². The number of ether oxygens (including phenoxy) is 1. The van der Waals surface area contributed by atoms with Gasteiger partial charge in [-0.15, -0.1) is 12.4 Å². The number of rotatable bonds is 5. The monoisotopic (exact) mass is 334 g/mol. The number of nitrogens with zero attached hydrogens (tertiary/aromatic N) is 1. The summed E-state index contributed by atoms with van der Waals surface area (Å²) in [5.74, 6) is 0.749. The van der Waals surface area contributed by atoms with Gasteiger partial charge in [-0.05, 0) is 29.7 Å². The van der Waals surface area contributed by atoms with Crippen LogP contribution in [0.25, 0.3) is 0 Å². The molecule has 2 aromatic carbocycles. The van der Waals surface area contributed by atoms with Crippen LogP contribution in [0.4, 0.5) is 0 Å². The molecule has 2 N–H and O–H groups in total. The van der Waals surface area contributed by atoms with Crippen LogP contribution in [-0.4, -0.2) is 25.0 Å². The summed E-state index contributed by atoms with van der Waals surface area (Å²) >= 11 is 0. The van der Waals surface area contributed by atoms with E-state index in [9.17, 15) is 4.79 Å². The normalized spacial score (nSPS) is 11.3. The molecule has 0 heterocycles. The van der Waals surface area contributed by atoms with E-state index < -0.39 is 6.04 Å². The fourth-order valence-electron chi connectivity index (χ4n) is 2.43. The number of likely N-dealkylation sites (N-methyl/N-ethyl adjacent to an activating group) is 1. The first kappa shape index (κ1) is 19.0. The molecule has 2 rings (SSSR count). The fourth-order valence-corrected chi connectivity index (χ4v) is 2.43. The van der Waals surface area contributed by atoms with E-state index in [1.54, 1.807) is 19.1 Å². The van der Waals surface area contributed by atoms with Gasteiger partial charge in [0.25, 0.3) is 0 Å². The lowest BCUT2D eigenvalue weighted by Gasteiger charge is -2.22. The summed E-state index contributed by atoms with van der Waals surface area (Å²) in [4.78, 5) is 14.1. The lowest BCUT2D eigenvalue weighted by atomic mass is 10.1. The Bertz CT molecular complexity index is 647. The minimum Gasteiger partial charge on any atom is -0.496 e. The summed E-state index contributed by atoms with van der Waals surface area (Å²) in [5.41, 5.74) is 8.98. The number of benzene rings is 2. The Kier molecular flexibility index (Phi) is 7.07. The number of amides is 1. The number of carbonyl (C=O) groups excluding carboxylic acids is 1. The van der Waals surface area contributed by atoms with Gasteiger partial charge in [0.2, 0.25) is 5.91 Å². The molecule has 0 spiro atoms. The molecule has 0 aliphatic rings. The van der Waals surface area contributed by atoms with Crippen molar-refractivity contribution in [2.75, 3.05) is 14.2 Å². The first-order valence-corrected chi connectivity index (χ1v) is 7.22. The van der Waals surface area contributed by atoms with Crippen LogP contribution in [0.2, 0.25) is 0 Å². The Hall–Kier alpha value is -2.04. The van der Waals surface area contributed by atoms with Crippen molar-refractivity contribution in [3.8, 4) is 5.75 Å². The van der Waals surface area contributed by atoms with Gasteiger partial charge in [0.05, 0.1) is 7.11 Å². The predicted octanol–water partition coefficient (Wildman–Crippen LogP) is 3.08. The Morgan fingerprint density at radius 2 is 1.87 bits per heavy atom. The lowest BCUT2D eigenvalue weighted by Crippen LogP contribution is -2.35. The van der Waals surface area contributed by atoms with Gasteiger partial charge in [0.15, 0.2) is 0 Å². The van der Waals surface area contributed by atoms with Crippen molar-refractivity contribution in [3.05, 3.63) is 65.2 Å². The van der Waals surface area contributed by atoms with Crippen molar-refractivity contribution >= 4 is 18.3 Å². The molecule has 0 aliphatic heterocycles. The molecule has 1 atom stereocenters. The highest BCUT2D eigenvalue weighted by atomic mass is 35.5. The van der Waals surface area contributed by atoms with Crippen LogP contribution in [0.3, 0.4) is 0 Å². The Balaban J connectivity index is 0.00000264. The van der Waals surface area contributed by atoms with Crippen LogP contribution in [-0.2, 0) is 11.3 Å². The first-order valence-electron chi connectivity index (χ1n) is 7.22. The third kappa shape index (κ3) is 4.71. The third-order valence-electron chi connectivity index (χ3n) is 3.68. The average molecular weight is 335 g/mol. The van der Waals surface area contributed by atoms with E-state index in [1.165, 1.54) is 0 Å². The second-order valence-corrected chi connectivity index (χ2v) is 5.39. The number of methoxy groups -OCH3 is 1. The molecule has 1 amide bonds. The Morgan fingerprint density at radius 1 is 1.22 bits per heavy atom. The molecule has 0 aliphatic carbocycles. The van der Waals surface area contributed by atoms with Crippen LogP contribution in [0.5, 0.6) is 5.75 Å². The average Bonchev–Trinajstić information content (AvgIpc) is 2.54. The molecule has 124 valence electrons. The van der Waals surface area contributed by atoms with Gasteiger partial charge in [0.1, 0.15) is 11.8 Å². The van der Waals surface area contributed by atoms with Crippen LogP contribution in [0.1, 0.15) is 22.7 Å². The first-order chi connectivity index (χ1) is 10.5. The van der Waals surface area contributed by atoms with E-state index >= 15 is 0 Å². The zero-order chi connectivity index (χ0) is 16.1. The second-order valence-electron chi connectivity index (χ2n) is 5.39. The maximum atomic E-state index is 12.4. The molecule has 4 nitrogen and oxygen atoms in total. The van der Waals surface area contributed by atoms with Crippen molar-refractivity contribution < 1.29 is 9.53 Å². The maximum Gasteiger partial charge on any atom is 0.244 e. The van der Waals surface area contributed by atoms with Gasteiger partial charge in [-0.2, -0.15) is 0 Å². The highest BCUT2D eigenvalue weighted by molar-refractivity contribution is 5.85. The van der Waals surface area contributed by atoms with Crippen LogP contribution >= 0.6 is 12.4 Å². The molecule has 0 fully saturated rings. The van der Waals surface area contributed by atoms with Crippen LogP contribution in [0.15, 0.2) is 48.5 Å². The third-order valence-corrected chi connectivity index (χ3v) is 3.68. The Labute approximate surface area is 143 Å². The highest BCUT2D eigenvalue weighted by Gasteiger charge is 2.19. The zero-order valence-electron chi connectivity index (χ0n) is 13.7. The molecule has 0 aromatic heterocycles. The van der Waals surface area contributed by atoms with Gasteiger partial charge in [-0.3, -0.25) is 4.79 Å². The van der Waals surface area contributed by atoms with E-state index in [0.717, 1.165) is 22.4 Å². The van der Waals surface area contributed by atoms with Crippen molar-refractivity contribution in [1.29, 1.82) is 0 Å². The van der Waals surface area contributed by atoms with E-state index in [2.05, 4.69) is 0 Å². The number of hydrogen-bond donors (Lipinski definition) is 1. The molecule has 2 aromatic rings. The van der Waals surface area contributed by atoms with E-state index in [1.807, 2.05) is 55.5 Å². The minimum atomic E-state index is -0.634. The zero-order valence-corrected chi connectivity index (χ0v) is 14.5. The number of hydrogen-bond acceptors (Lipinski definition) is 3. The van der Waals surface area contributed by atoms with Crippen molar-refractivity contribution in [2.45, 2.75) is 19.5 Å². The number of halogens is 1. The highest BCUT2D eigenvalue weighted by Crippen LogP contribution is 2.20. The van der Waals surface area contributed by atoms with Crippen LogP contribution in [0, 0.1) is 6.92 Å². The summed E-state index contributed by atoms with van der Waals surface area (Å²) < 4.78 is 5.25. The molecule has 1 unspecified atom stereocenters. The maximum absolute atomic E-state index is 12.4. The number of nitrogens with two attached hydrogens (primary N) is 1. The molecule has 0 saturated heterocycles. The van der Waals surface area contributed by atoms with Gasteiger partial charge in [-0.1, -0.05) is 42.5 Å². The topological polar surface area (TPSA) is 55.6 Å². The van der Waals surface area contributed by atoms with E-state index in [4.69, 9.17) is 10.5 Å². The molecular formula is C18H23ClN2O2. The summed E-state index contributed by atoms with van der Waals surface area (Å²) in [5, 5.41) is 0. The largest absolute Gasteiger partial charge is 0.496 e. The van der Waals surface area contributed by atoms with Crippen molar-refractivity contribution in [1.82, 2.24) is 4.90 Å². The van der Waals surface area contributed by atoms with Crippen molar-refractivity contribution in [3.63, 3.8) is 0 Å². The molecule has 0 bridgehead atoms. The summed E-state index contributed by atoms with van der Waals surface area (Å²) in [6.45, 7) is 2.50. The van der Waals surface area contributed by atoms with Gasteiger partial charge in [-0.25, -0.2) is 0 Å². The molecular weight excluding hydrogens is 312 g/mol. The van der Waals surface area contributed by atoms with Gasteiger partial charge in [0, 0.05) is 13.6 Å². The number of aryl methyl sites for hydroxylation is 1. The van der Waals surface area contributed by atoms with Crippen molar-refractivity contribution in [2.24, 2.45) is 5.73 Å². The summed E-state index contributed by atoms with van der Waals surface area (Å²) in [6, 6.07) is 14.7. The lowest BCUT2D eigenvalue weighted by molar-refractivity contribution is -0.131. The van der Waals surface area contributed by atoms with Gasteiger partial charge < -0.3 is 15.4 Å². The fraction of sp³-hybridized carbons (Fsp3) is 0.278. The summed E-state index contributed by atoms with van der Waals surface area (Å²) in [7, 11) is 3.42.